The topological polar surface area (TPSA) is 46.2 Å². The molecule has 0 saturated heterocycles. The molecule has 0 spiro atoms. The minimum atomic E-state index is -3.67. The van der Waals surface area contributed by atoms with Crippen LogP contribution in [0.4, 0.5) is 5.69 Å². The second-order valence-electron chi connectivity index (χ2n) is 3.30. The van der Waals surface area contributed by atoms with Crippen LogP contribution >= 0.6 is 46.1 Å². The third kappa shape index (κ3) is 3.10. The number of rotatable bonds is 3. The lowest BCUT2D eigenvalue weighted by Gasteiger charge is -2.05. The van der Waals surface area contributed by atoms with Crippen molar-refractivity contribution in [2.45, 2.75) is 4.21 Å². The van der Waals surface area contributed by atoms with E-state index in [9.17, 15) is 8.42 Å². The molecule has 8 heteroatoms. The largest absolute Gasteiger partial charge is 0.279 e. The zero-order valence-electron chi connectivity index (χ0n) is 8.65. The van der Waals surface area contributed by atoms with E-state index in [0.717, 1.165) is 11.3 Å². The van der Waals surface area contributed by atoms with Gasteiger partial charge in [0.15, 0.2) is 0 Å². The van der Waals surface area contributed by atoms with Crippen LogP contribution in [0.15, 0.2) is 34.5 Å². The van der Waals surface area contributed by atoms with E-state index in [-0.39, 0.29) is 13.6 Å². The van der Waals surface area contributed by atoms with Crippen molar-refractivity contribution in [2.75, 3.05) is 4.72 Å². The summed E-state index contributed by atoms with van der Waals surface area (Å²) < 4.78 is 26.7. The number of sulfonamides is 1. The fourth-order valence-electron chi connectivity index (χ4n) is 1.18. The molecule has 1 aromatic heterocycles. The van der Waals surface area contributed by atoms with Crippen molar-refractivity contribution in [1.29, 1.82) is 0 Å². The van der Waals surface area contributed by atoms with Crippen LogP contribution in [0.25, 0.3) is 0 Å². The Morgan fingerprint density at radius 3 is 2.17 bits per heavy atom. The predicted molar refractivity (Wildman–Crippen MR) is 76.6 cm³/mol. The minimum Gasteiger partial charge on any atom is -0.279 e. The Bertz CT molecular complexity index is 645. The van der Waals surface area contributed by atoms with Crippen LogP contribution in [0.3, 0.4) is 0 Å². The summed E-state index contributed by atoms with van der Waals surface area (Å²) in [6, 6.07) is 7.63. The molecule has 2 rings (SSSR count). The summed E-state index contributed by atoms with van der Waals surface area (Å²) in [5.41, 5.74) is 0.417. The molecule has 18 heavy (non-hydrogen) atoms. The van der Waals surface area contributed by atoms with Gasteiger partial charge < -0.3 is 0 Å². The van der Waals surface area contributed by atoms with Gasteiger partial charge in [-0.1, -0.05) is 34.8 Å². The summed E-state index contributed by atoms with van der Waals surface area (Å²) in [5, 5.41) is 0.748. The van der Waals surface area contributed by atoms with Crippen molar-refractivity contribution in [3.63, 3.8) is 0 Å². The average Bonchev–Trinajstić information content (AvgIpc) is 2.63. The highest BCUT2D eigenvalue weighted by Crippen LogP contribution is 2.35. The van der Waals surface area contributed by atoms with Crippen LogP contribution in [-0.4, -0.2) is 8.42 Å². The van der Waals surface area contributed by atoms with E-state index >= 15 is 0 Å². The van der Waals surface area contributed by atoms with Crippen molar-refractivity contribution in [2.24, 2.45) is 0 Å². The number of anilines is 1. The third-order valence-corrected chi connectivity index (χ3v) is 5.96. The Labute approximate surface area is 123 Å². The summed E-state index contributed by atoms with van der Waals surface area (Å²) in [7, 11) is -3.67. The lowest BCUT2D eigenvalue weighted by molar-refractivity contribution is 0.603. The molecular weight excluding hydrogens is 337 g/mol. The van der Waals surface area contributed by atoms with Gasteiger partial charge in [0.1, 0.15) is 8.55 Å². The molecular formula is C10H6Cl3NO2S2. The molecule has 0 fully saturated rings. The summed E-state index contributed by atoms with van der Waals surface area (Å²) in [4.78, 5) is 0. The molecule has 0 bridgehead atoms. The van der Waals surface area contributed by atoms with Gasteiger partial charge in [-0.25, -0.2) is 8.42 Å². The molecule has 96 valence electrons. The maximum atomic E-state index is 12.0. The first-order chi connectivity index (χ1) is 8.38. The highest BCUT2D eigenvalue weighted by molar-refractivity contribution is 7.94. The molecule has 0 unspecified atom stereocenters. The lowest BCUT2D eigenvalue weighted by Crippen LogP contribution is -2.11. The highest BCUT2D eigenvalue weighted by atomic mass is 35.5. The summed E-state index contributed by atoms with van der Waals surface area (Å²) in [5.74, 6) is 0. The van der Waals surface area contributed by atoms with Crippen LogP contribution in [0, 0.1) is 0 Å². The zero-order valence-corrected chi connectivity index (χ0v) is 12.6. The number of hydrogen-bond acceptors (Lipinski definition) is 3. The van der Waals surface area contributed by atoms with Crippen LogP contribution < -0.4 is 4.72 Å². The van der Waals surface area contributed by atoms with Crippen LogP contribution in [0.1, 0.15) is 0 Å². The number of nitrogens with one attached hydrogen (secondary N) is 1. The zero-order chi connectivity index (χ0) is 13.3. The molecule has 0 aliphatic carbocycles. The van der Waals surface area contributed by atoms with Crippen LogP contribution in [0.2, 0.25) is 14.4 Å². The van der Waals surface area contributed by atoms with E-state index in [0.29, 0.717) is 10.7 Å². The average molecular weight is 343 g/mol. The summed E-state index contributed by atoms with van der Waals surface area (Å²) in [6.07, 6.45) is 0. The first-order valence-electron chi connectivity index (χ1n) is 4.62. The molecule has 2 aromatic rings. The first kappa shape index (κ1) is 14.0. The van der Waals surface area contributed by atoms with Crippen molar-refractivity contribution in [1.82, 2.24) is 0 Å². The smallest absolute Gasteiger partial charge is 0.271 e. The van der Waals surface area contributed by atoms with Gasteiger partial charge in [-0.2, -0.15) is 0 Å². The Morgan fingerprint density at radius 1 is 1.06 bits per heavy atom. The maximum Gasteiger partial charge on any atom is 0.271 e. The van der Waals surface area contributed by atoms with Gasteiger partial charge in [0, 0.05) is 10.7 Å². The highest BCUT2D eigenvalue weighted by Gasteiger charge is 2.19. The fraction of sp³-hybridized carbons (Fsp3) is 0. The Hall–Kier alpha value is -0.460. The molecule has 0 aliphatic rings. The third-order valence-electron chi connectivity index (χ3n) is 1.98. The second-order valence-corrected chi connectivity index (χ2v) is 7.71. The fourth-order valence-corrected chi connectivity index (χ4v) is 4.25. The number of benzene rings is 1. The molecule has 0 radical (unpaired) electrons. The SMILES string of the molecule is O=S(=O)(Nc1ccc(Cl)cc1)c1cc(Cl)c(Cl)s1. The Balaban J connectivity index is 2.29. The number of halogens is 3. The number of thiophene rings is 1. The van der Waals surface area contributed by atoms with Crippen LogP contribution in [-0.2, 0) is 10.0 Å². The number of hydrogen-bond donors (Lipinski definition) is 1. The molecule has 1 N–H and O–H groups in total. The van der Waals surface area contributed by atoms with E-state index in [1.807, 2.05) is 0 Å². The molecule has 1 aromatic carbocycles. The van der Waals surface area contributed by atoms with Gasteiger partial charge in [-0.05, 0) is 30.3 Å². The van der Waals surface area contributed by atoms with E-state index in [4.69, 9.17) is 34.8 Å². The molecule has 0 atom stereocenters. The van der Waals surface area contributed by atoms with E-state index in [2.05, 4.69) is 4.72 Å². The van der Waals surface area contributed by atoms with Crippen molar-refractivity contribution >= 4 is 61.9 Å². The molecule has 0 amide bonds. The lowest BCUT2D eigenvalue weighted by atomic mass is 10.3. The summed E-state index contributed by atoms with van der Waals surface area (Å²) in [6.45, 7) is 0. The first-order valence-corrected chi connectivity index (χ1v) is 8.05. The molecule has 1 heterocycles. The second kappa shape index (κ2) is 5.27. The van der Waals surface area contributed by atoms with Gasteiger partial charge in [-0.3, -0.25) is 4.72 Å². The molecule has 0 saturated carbocycles. The molecule has 3 nitrogen and oxygen atoms in total. The Kier molecular flexibility index (Phi) is 4.08. The quantitative estimate of drug-likeness (QED) is 0.892. The normalized spacial score (nSPS) is 11.5. The monoisotopic (exact) mass is 341 g/mol. The molecule has 0 aliphatic heterocycles. The van der Waals surface area contributed by atoms with E-state index < -0.39 is 10.0 Å². The standard InChI is InChI=1S/C10H6Cl3NO2S2/c11-6-1-3-7(4-2-6)14-18(15,16)9-5-8(12)10(13)17-9/h1-5,14H. The van der Waals surface area contributed by atoms with Crippen LogP contribution in [0.5, 0.6) is 0 Å². The van der Waals surface area contributed by atoms with Gasteiger partial charge in [0.05, 0.1) is 5.02 Å². The van der Waals surface area contributed by atoms with Crippen molar-refractivity contribution in [3.8, 4) is 0 Å². The maximum absolute atomic E-state index is 12.0. The van der Waals surface area contributed by atoms with Gasteiger partial charge in [-0.15, -0.1) is 11.3 Å². The Morgan fingerprint density at radius 2 is 1.67 bits per heavy atom. The van der Waals surface area contributed by atoms with Crippen molar-refractivity contribution in [3.05, 3.63) is 44.7 Å². The van der Waals surface area contributed by atoms with Crippen molar-refractivity contribution < 1.29 is 8.42 Å². The van der Waals surface area contributed by atoms with Gasteiger partial charge >= 0.3 is 0 Å². The summed E-state index contributed by atoms with van der Waals surface area (Å²) >= 11 is 18.1. The van der Waals surface area contributed by atoms with E-state index in [1.165, 1.54) is 6.07 Å². The minimum absolute atomic E-state index is 0.0625. The van der Waals surface area contributed by atoms with Gasteiger partial charge in [0.2, 0.25) is 0 Å². The van der Waals surface area contributed by atoms with Gasteiger partial charge in [0.25, 0.3) is 10.0 Å². The van der Waals surface area contributed by atoms with E-state index in [1.54, 1.807) is 24.3 Å². The predicted octanol–water partition coefficient (Wildman–Crippen LogP) is 4.51.